The molecule has 22 nitrogen and oxygen atoms in total. The zero-order chi connectivity index (χ0) is 54.1. The highest BCUT2D eigenvalue weighted by molar-refractivity contribution is 8.76. The number of benzene rings is 3. The number of aromatic hydroxyl groups is 1. The Hall–Kier alpha value is -6.70. The molecule has 0 bridgehead atoms. The van der Waals surface area contributed by atoms with E-state index in [-0.39, 0.29) is 49.5 Å². The van der Waals surface area contributed by atoms with E-state index in [9.17, 15) is 48.9 Å². The molecule has 1 aliphatic heterocycles. The fraction of sp³-hybridized carbons (Fsp3) is 0.440. The van der Waals surface area contributed by atoms with E-state index in [4.69, 9.17) is 17.2 Å². The number of hydrogen-bond donors (Lipinski definition) is 13. The third-order valence-electron chi connectivity index (χ3n) is 12.4. The van der Waals surface area contributed by atoms with Crippen LogP contribution in [0.1, 0.15) is 49.8 Å². The number of unbranched alkanes of at least 4 members (excludes halogenated alkanes) is 1. The normalized spacial score (nSPS) is 22.5. The number of primary amides is 1. The van der Waals surface area contributed by atoms with Gasteiger partial charge in [-0.2, -0.15) is 0 Å². The molecule has 2 heterocycles. The van der Waals surface area contributed by atoms with E-state index in [0.29, 0.717) is 29.5 Å². The third-order valence-corrected chi connectivity index (χ3v) is 14.8. The number of aliphatic hydroxyl groups excluding tert-OH is 2. The van der Waals surface area contributed by atoms with E-state index >= 15 is 4.79 Å². The second-order valence-electron chi connectivity index (χ2n) is 18.1. The molecule has 0 aliphatic carbocycles. The molecule has 4 aromatic rings. The lowest BCUT2D eigenvalue weighted by atomic mass is 10.00. The van der Waals surface area contributed by atoms with Gasteiger partial charge in [-0.1, -0.05) is 82.3 Å². The fourth-order valence-electron chi connectivity index (χ4n) is 8.16. The fourth-order valence-corrected chi connectivity index (χ4v) is 10.5. The number of aromatic amines is 1. The summed E-state index contributed by atoms with van der Waals surface area (Å²) in [4.78, 5) is 117. The van der Waals surface area contributed by atoms with Crippen molar-refractivity contribution in [3.05, 3.63) is 102 Å². The number of hydrogen-bond acceptors (Lipinski definition) is 15. The predicted octanol–water partition coefficient (Wildman–Crippen LogP) is -1.26. The predicted molar refractivity (Wildman–Crippen MR) is 280 cm³/mol. The molecule has 1 aliphatic rings. The third kappa shape index (κ3) is 16.7. The van der Waals surface area contributed by atoms with Crippen molar-refractivity contribution in [3.63, 3.8) is 0 Å². The second kappa shape index (κ2) is 28.1. The van der Waals surface area contributed by atoms with Crippen LogP contribution in [0.2, 0.25) is 0 Å². The average Bonchev–Trinajstić information content (AvgIpc) is 3.78. The van der Waals surface area contributed by atoms with Crippen molar-refractivity contribution in [2.24, 2.45) is 17.2 Å². The van der Waals surface area contributed by atoms with Gasteiger partial charge in [0.15, 0.2) is 0 Å². The summed E-state index contributed by atoms with van der Waals surface area (Å²) >= 11 is 0. The van der Waals surface area contributed by atoms with Crippen LogP contribution in [0.25, 0.3) is 10.9 Å². The lowest BCUT2D eigenvalue weighted by Gasteiger charge is -2.33. The number of phenolic OH excluding ortho intramolecular Hbond substituents is 1. The minimum Gasteiger partial charge on any atom is -0.508 e. The van der Waals surface area contributed by atoms with Crippen molar-refractivity contribution in [2.75, 3.05) is 25.1 Å². The Morgan fingerprint density at radius 2 is 1.45 bits per heavy atom. The lowest BCUT2D eigenvalue weighted by Crippen LogP contribution is -2.63. The number of carbonyl (C=O) groups excluding carboxylic acids is 8. The number of carbonyl (C=O) groups is 8. The van der Waals surface area contributed by atoms with Crippen LogP contribution in [0.5, 0.6) is 5.75 Å². The molecule has 400 valence electrons. The topological polar surface area (TPSA) is 367 Å². The van der Waals surface area contributed by atoms with Crippen molar-refractivity contribution in [1.82, 2.24) is 41.8 Å². The van der Waals surface area contributed by atoms with Gasteiger partial charge in [-0.3, -0.25) is 38.4 Å². The van der Waals surface area contributed by atoms with E-state index in [1.165, 1.54) is 33.0 Å². The van der Waals surface area contributed by atoms with Crippen molar-refractivity contribution in [3.8, 4) is 5.75 Å². The van der Waals surface area contributed by atoms with Crippen LogP contribution in [0, 0.1) is 0 Å². The van der Waals surface area contributed by atoms with Crippen LogP contribution >= 0.6 is 21.6 Å². The number of aromatic nitrogens is 1. The van der Waals surface area contributed by atoms with Crippen molar-refractivity contribution >= 4 is 79.7 Å². The van der Waals surface area contributed by atoms with Crippen molar-refractivity contribution in [1.29, 1.82) is 0 Å². The average molecular weight is 1060 g/mol. The largest absolute Gasteiger partial charge is 0.508 e. The highest BCUT2D eigenvalue weighted by atomic mass is 33.1. The van der Waals surface area contributed by atoms with Gasteiger partial charge >= 0.3 is 0 Å². The molecule has 24 heteroatoms. The van der Waals surface area contributed by atoms with Gasteiger partial charge in [0.2, 0.25) is 47.3 Å². The van der Waals surface area contributed by atoms with Gasteiger partial charge in [-0.05, 0) is 81.0 Å². The molecule has 3 aromatic carbocycles. The standard InChI is InChI=1S/C50H67N11O11S2/c1-27(62)41(43(53)65)59-47(69)39-26-74-73-25-38(57-44(66)34(52)21-30-16-18-32(64)19-17-30)46(68)55-36(22-29-11-5-4-6-12-29)45(67)56-37(23-31-24-54-35-14-8-7-13-33(31)35)50(72)61(3)40(15-9-10-20-51)48(70)60-42(28(2)63)49(71)58-39/h4-8,11-14,16-19,24,27-28,34,36-42,54,62-64H,9-10,15,20-23,25-26,51-52H2,1-3H3,(H2,53,65)(H,55,68)(H,56,67)(H,57,66)(H,58,71)(H,59,69)(H,60,70)/t27-,28-,34-,36+,37+,38-,39+,40+,41+,42+/m1/s1. The first-order valence-corrected chi connectivity index (χ1v) is 26.6. The van der Waals surface area contributed by atoms with Crippen LogP contribution in [0.3, 0.4) is 0 Å². The van der Waals surface area contributed by atoms with Gasteiger partial charge < -0.3 is 74.3 Å². The molecule has 1 saturated heterocycles. The summed E-state index contributed by atoms with van der Waals surface area (Å²) in [6, 6.07) is 10.6. The number of nitrogens with zero attached hydrogens (tertiary/aromatic N) is 1. The van der Waals surface area contributed by atoms with E-state index in [0.717, 1.165) is 37.4 Å². The maximum Gasteiger partial charge on any atom is 0.245 e. The lowest BCUT2D eigenvalue weighted by molar-refractivity contribution is -0.144. The first-order chi connectivity index (χ1) is 35.3. The SMILES string of the molecule is C[C@@H](O)[C@H](NC(=O)[C@@H]1CSSC[C@@H](NC(=O)[C@H](N)Cc2ccc(O)cc2)C(=O)N[C@@H](Cc2ccccc2)C(=O)N[C@@H](Cc2c[nH]c3ccccc23)C(=O)N(C)[C@@H](CCCCN)C(=O)N[C@@H]([C@@H](C)O)C(=O)N1)C(N)=O. The molecule has 10 atom stereocenters. The zero-order valence-electron chi connectivity index (χ0n) is 41.3. The maximum atomic E-state index is 15.0. The van der Waals surface area contributed by atoms with Gasteiger partial charge in [0.25, 0.3) is 0 Å². The zero-order valence-corrected chi connectivity index (χ0v) is 43.0. The van der Waals surface area contributed by atoms with Gasteiger partial charge in [-0.25, -0.2) is 0 Å². The Morgan fingerprint density at radius 3 is 2.11 bits per heavy atom. The number of nitrogens with two attached hydrogens (primary N) is 3. The van der Waals surface area contributed by atoms with Crippen molar-refractivity contribution < 1.29 is 53.7 Å². The number of likely N-dealkylation sites (N-methyl/N-ethyl adjacent to an activating group) is 1. The van der Waals surface area contributed by atoms with Crippen LogP contribution in [-0.4, -0.2) is 158 Å². The number of aliphatic hydroxyl groups is 2. The van der Waals surface area contributed by atoms with E-state index in [1.54, 1.807) is 48.7 Å². The van der Waals surface area contributed by atoms with E-state index < -0.39 is 108 Å². The van der Waals surface area contributed by atoms with Crippen LogP contribution in [0.4, 0.5) is 0 Å². The number of phenols is 1. The summed E-state index contributed by atoms with van der Waals surface area (Å²) in [6.45, 7) is 2.69. The minimum absolute atomic E-state index is 0.00279. The summed E-state index contributed by atoms with van der Waals surface area (Å²) in [5, 5.41) is 47.5. The van der Waals surface area contributed by atoms with Crippen molar-refractivity contribution in [2.45, 2.75) is 113 Å². The second-order valence-corrected chi connectivity index (χ2v) is 20.7. The van der Waals surface area contributed by atoms with Gasteiger partial charge in [0.05, 0.1) is 18.2 Å². The molecule has 16 N–H and O–H groups in total. The molecule has 5 rings (SSSR count). The summed E-state index contributed by atoms with van der Waals surface area (Å²) < 4.78 is 0. The molecular formula is C50H67N11O11S2. The van der Waals surface area contributed by atoms with Crippen LogP contribution in [0.15, 0.2) is 85.1 Å². The highest BCUT2D eigenvalue weighted by Gasteiger charge is 2.39. The van der Waals surface area contributed by atoms with Crippen LogP contribution < -0.4 is 49.1 Å². The first kappa shape index (κ1) is 58.2. The molecular weight excluding hydrogens is 995 g/mol. The summed E-state index contributed by atoms with van der Waals surface area (Å²) in [6.07, 6.45) is -0.696. The van der Waals surface area contributed by atoms with Gasteiger partial charge in [-0.15, -0.1) is 0 Å². The Bertz CT molecular complexity index is 2570. The summed E-state index contributed by atoms with van der Waals surface area (Å²) in [7, 11) is 3.29. The smallest absolute Gasteiger partial charge is 0.245 e. The molecule has 74 heavy (non-hydrogen) atoms. The van der Waals surface area contributed by atoms with Crippen LogP contribution in [-0.2, 0) is 57.6 Å². The Labute approximate surface area is 436 Å². The number of para-hydroxylation sites is 1. The molecule has 0 unspecified atom stereocenters. The molecule has 1 fully saturated rings. The van der Waals surface area contributed by atoms with E-state index in [1.807, 2.05) is 24.3 Å². The number of fused-ring (bicyclic) bond motifs is 1. The maximum absolute atomic E-state index is 15.0. The monoisotopic (exact) mass is 1060 g/mol. The van der Waals surface area contributed by atoms with E-state index in [2.05, 4.69) is 36.9 Å². The molecule has 1 aromatic heterocycles. The first-order valence-electron chi connectivity index (χ1n) is 24.1. The van der Waals surface area contributed by atoms with Gasteiger partial charge in [0, 0.05) is 48.5 Å². The summed E-state index contributed by atoms with van der Waals surface area (Å²) in [5.41, 5.74) is 20.3. The molecule has 0 radical (unpaired) electrons. The number of rotatable bonds is 17. The Morgan fingerprint density at radius 1 is 0.784 bits per heavy atom. The molecule has 0 spiro atoms. The summed E-state index contributed by atoms with van der Waals surface area (Å²) in [5.74, 6) is -7.58. The highest BCUT2D eigenvalue weighted by Crippen LogP contribution is 2.25. The number of amides is 8. The number of H-pyrrole nitrogens is 1. The molecule has 0 saturated carbocycles. The number of nitrogens with one attached hydrogen (secondary N) is 7. The quantitative estimate of drug-likeness (QED) is 0.0434. The minimum atomic E-state index is -1.72. The molecule has 8 amide bonds. The Kier molecular flexibility index (Phi) is 22.1. The Balaban J connectivity index is 1.60. The van der Waals surface area contributed by atoms with Gasteiger partial charge in [0.1, 0.15) is 48.0 Å².